The number of rotatable bonds is 2. The summed E-state index contributed by atoms with van der Waals surface area (Å²) < 4.78 is 4.25. The average molecular weight is 350 g/mol. The second kappa shape index (κ2) is 5.53. The molecule has 0 spiro atoms. The normalized spacial score (nSPS) is 15.0. The molecule has 0 unspecified atom stereocenters. The molecule has 1 fully saturated rings. The van der Waals surface area contributed by atoms with Crippen molar-refractivity contribution in [3.05, 3.63) is 59.5 Å². The second-order valence-electron chi connectivity index (χ2n) is 6.75. The molecule has 0 atom stereocenters. The van der Waals surface area contributed by atoms with Gasteiger partial charge in [0, 0.05) is 24.6 Å². The van der Waals surface area contributed by atoms with E-state index < -0.39 is 0 Å². The van der Waals surface area contributed by atoms with E-state index >= 15 is 0 Å². The number of aromatic nitrogens is 4. The SMILES string of the molecule is Cn1c(C2CCC2)cc2ncc3cc(-c4ccccc4)c(Cl)nc3[n+]21. The molecule has 3 aromatic heterocycles. The Morgan fingerprint density at radius 1 is 1.16 bits per heavy atom. The Morgan fingerprint density at radius 2 is 1.96 bits per heavy atom. The van der Waals surface area contributed by atoms with Crippen LogP contribution < -0.4 is 4.52 Å². The highest BCUT2D eigenvalue weighted by atomic mass is 35.5. The third-order valence-corrected chi connectivity index (χ3v) is 5.58. The van der Waals surface area contributed by atoms with Gasteiger partial charge < -0.3 is 0 Å². The molecule has 1 aliphatic carbocycles. The van der Waals surface area contributed by atoms with Crippen molar-refractivity contribution < 1.29 is 4.52 Å². The molecule has 25 heavy (non-hydrogen) atoms. The molecule has 5 rings (SSSR count). The Hall–Kier alpha value is -2.46. The molecule has 5 heteroatoms. The molecule has 0 radical (unpaired) electrons. The van der Waals surface area contributed by atoms with Gasteiger partial charge in [-0.05, 0) is 36.1 Å². The van der Waals surface area contributed by atoms with E-state index in [0.29, 0.717) is 11.1 Å². The zero-order valence-electron chi connectivity index (χ0n) is 14.0. The highest BCUT2D eigenvalue weighted by Gasteiger charge is 2.27. The standard InChI is InChI=1S/C20H18ClN4/c1-24-17(14-8-5-9-14)11-18-22-12-15-10-16(13-6-3-2-4-7-13)19(21)23-20(15)25(18)24/h2-4,6-7,10-12,14H,5,8-9H2,1H3/q+1. The molecule has 4 nitrogen and oxygen atoms in total. The van der Waals surface area contributed by atoms with Crippen LogP contribution in [0.1, 0.15) is 30.9 Å². The first-order valence-electron chi connectivity index (χ1n) is 8.65. The van der Waals surface area contributed by atoms with Gasteiger partial charge >= 0.3 is 0 Å². The van der Waals surface area contributed by atoms with E-state index in [2.05, 4.69) is 33.4 Å². The van der Waals surface area contributed by atoms with Gasteiger partial charge in [0.25, 0.3) is 11.3 Å². The lowest BCUT2D eigenvalue weighted by Gasteiger charge is -2.24. The first kappa shape index (κ1) is 14.8. The minimum absolute atomic E-state index is 0.519. The Balaban J connectivity index is 1.76. The van der Waals surface area contributed by atoms with Crippen molar-refractivity contribution in [2.24, 2.45) is 7.05 Å². The fourth-order valence-corrected chi connectivity index (χ4v) is 3.95. The summed E-state index contributed by atoms with van der Waals surface area (Å²) in [4.78, 5) is 9.38. The maximum atomic E-state index is 6.54. The van der Waals surface area contributed by atoms with Gasteiger partial charge in [-0.25, -0.2) is 4.68 Å². The van der Waals surface area contributed by atoms with Gasteiger partial charge in [0.15, 0.2) is 0 Å². The van der Waals surface area contributed by atoms with Crippen LogP contribution in [0.5, 0.6) is 0 Å². The van der Waals surface area contributed by atoms with Crippen LogP contribution in [0.3, 0.4) is 0 Å². The molecule has 3 heterocycles. The Kier molecular flexibility index (Phi) is 3.28. The van der Waals surface area contributed by atoms with Crippen molar-refractivity contribution >= 4 is 28.3 Å². The van der Waals surface area contributed by atoms with E-state index in [1.807, 2.05) is 36.5 Å². The quantitative estimate of drug-likeness (QED) is 0.399. The number of hydrogen-bond donors (Lipinski definition) is 0. The van der Waals surface area contributed by atoms with Gasteiger partial charge in [-0.15, -0.1) is 9.50 Å². The van der Waals surface area contributed by atoms with Gasteiger partial charge in [0.1, 0.15) is 6.20 Å². The van der Waals surface area contributed by atoms with Crippen LogP contribution in [-0.4, -0.2) is 14.6 Å². The van der Waals surface area contributed by atoms with Crippen molar-refractivity contribution in [1.82, 2.24) is 14.6 Å². The predicted molar refractivity (Wildman–Crippen MR) is 98.7 cm³/mol. The molecular weight excluding hydrogens is 332 g/mol. The molecule has 0 N–H and O–H groups in total. The van der Waals surface area contributed by atoms with E-state index in [4.69, 9.17) is 16.6 Å². The number of hydrogen-bond acceptors (Lipinski definition) is 2. The summed E-state index contributed by atoms with van der Waals surface area (Å²) in [6, 6.07) is 14.4. The van der Waals surface area contributed by atoms with Crippen molar-refractivity contribution in [2.45, 2.75) is 25.2 Å². The third-order valence-electron chi connectivity index (χ3n) is 5.30. The van der Waals surface area contributed by atoms with Crippen molar-refractivity contribution in [3.63, 3.8) is 0 Å². The number of fused-ring (bicyclic) bond motifs is 3. The van der Waals surface area contributed by atoms with Gasteiger partial charge in [-0.3, -0.25) is 0 Å². The fourth-order valence-electron chi connectivity index (χ4n) is 3.70. The summed E-state index contributed by atoms with van der Waals surface area (Å²) in [5, 5.41) is 1.51. The zero-order valence-corrected chi connectivity index (χ0v) is 14.7. The summed E-state index contributed by atoms with van der Waals surface area (Å²) in [5.74, 6) is 0.640. The monoisotopic (exact) mass is 349 g/mol. The minimum Gasteiger partial charge on any atom is -0.238 e. The average Bonchev–Trinajstić information content (AvgIpc) is 2.91. The predicted octanol–water partition coefficient (Wildman–Crippen LogP) is 4.29. The molecule has 0 amide bonds. The molecule has 0 aliphatic heterocycles. The topological polar surface area (TPSA) is 34.8 Å². The summed E-state index contributed by atoms with van der Waals surface area (Å²) in [7, 11) is 2.09. The third kappa shape index (κ3) is 2.24. The first-order chi connectivity index (χ1) is 12.2. The van der Waals surface area contributed by atoms with Crippen LogP contribution in [-0.2, 0) is 7.05 Å². The minimum atomic E-state index is 0.519. The largest absolute Gasteiger partial charge is 0.297 e. The molecule has 0 bridgehead atoms. The maximum Gasteiger partial charge on any atom is 0.297 e. The lowest BCUT2D eigenvalue weighted by molar-refractivity contribution is -0.585. The van der Waals surface area contributed by atoms with Gasteiger partial charge in [-0.1, -0.05) is 41.7 Å². The summed E-state index contributed by atoms with van der Waals surface area (Å²) >= 11 is 6.54. The Morgan fingerprint density at radius 3 is 2.68 bits per heavy atom. The van der Waals surface area contributed by atoms with Crippen LogP contribution >= 0.6 is 11.6 Å². The highest BCUT2D eigenvalue weighted by molar-refractivity contribution is 6.32. The molecular formula is C20H18ClN4+. The van der Waals surface area contributed by atoms with Crippen LogP contribution in [0.4, 0.5) is 0 Å². The van der Waals surface area contributed by atoms with Gasteiger partial charge in [-0.2, -0.15) is 0 Å². The van der Waals surface area contributed by atoms with E-state index in [9.17, 15) is 0 Å². The summed E-state index contributed by atoms with van der Waals surface area (Å²) in [6.07, 6.45) is 5.73. The van der Waals surface area contributed by atoms with Crippen molar-refractivity contribution in [1.29, 1.82) is 0 Å². The Bertz CT molecular complexity index is 1100. The van der Waals surface area contributed by atoms with Crippen LogP contribution in [0, 0.1) is 0 Å². The number of benzene rings is 1. The van der Waals surface area contributed by atoms with E-state index in [-0.39, 0.29) is 0 Å². The molecule has 1 aliphatic rings. The fraction of sp³-hybridized carbons (Fsp3) is 0.250. The Labute approximate surface area is 150 Å². The number of halogens is 1. The zero-order chi connectivity index (χ0) is 17.0. The second-order valence-corrected chi connectivity index (χ2v) is 7.11. The number of nitrogens with zero attached hydrogens (tertiary/aromatic N) is 4. The highest BCUT2D eigenvalue weighted by Crippen LogP contribution is 2.36. The van der Waals surface area contributed by atoms with Crippen molar-refractivity contribution in [2.75, 3.05) is 0 Å². The molecule has 4 aromatic rings. The number of pyridine rings is 1. The summed E-state index contributed by atoms with van der Waals surface area (Å²) in [6.45, 7) is 0. The summed E-state index contributed by atoms with van der Waals surface area (Å²) in [5.41, 5.74) is 5.10. The molecule has 0 saturated heterocycles. The van der Waals surface area contributed by atoms with E-state index in [1.165, 1.54) is 25.0 Å². The van der Waals surface area contributed by atoms with E-state index in [0.717, 1.165) is 27.8 Å². The van der Waals surface area contributed by atoms with Crippen LogP contribution in [0.2, 0.25) is 5.15 Å². The number of aryl methyl sites for hydroxylation is 1. The smallest absolute Gasteiger partial charge is 0.238 e. The molecule has 1 saturated carbocycles. The first-order valence-corrected chi connectivity index (χ1v) is 9.02. The van der Waals surface area contributed by atoms with Gasteiger partial charge in [0.2, 0.25) is 5.15 Å². The van der Waals surface area contributed by atoms with Gasteiger partial charge in [0.05, 0.1) is 11.1 Å². The maximum absolute atomic E-state index is 6.54. The van der Waals surface area contributed by atoms with Crippen LogP contribution in [0.15, 0.2) is 48.7 Å². The lowest BCUT2D eigenvalue weighted by Crippen LogP contribution is -2.35. The lowest BCUT2D eigenvalue weighted by atomic mass is 9.83. The molecule has 124 valence electrons. The van der Waals surface area contributed by atoms with Crippen molar-refractivity contribution in [3.8, 4) is 11.1 Å². The van der Waals surface area contributed by atoms with E-state index in [1.54, 1.807) is 0 Å². The van der Waals surface area contributed by atoms with Crippen LogP contribution in [0.25, 0.3) is 27.8 Å². The molecule has 1 aromatic carbocycles.